The summed E-state index contributed by atoms with van der Waals surface area (Å²) >= 11 is 0. The summed E-state index contributed by atoms with van der Waals surface area (Å²) in [4.78, 5) is 0. The van der Waals surface area contributed by atoms with Crippen molar-refractivity contribution in [3.05, 3.63) is 103 Å². The lowest BCUT2D eigenvalue weighted by Crippen LogP contribution is -3.00. The van der Waals surface area contributed by atoms with Crippen molar-refractivity contribution in [2.24, 2.45) is 0 Å². The Labute approximate surface area is 164 Å². The van der Waals surface area contributed by atoms with Gasteiger partial charge in [0.25, 0.3) is 0 Å². The molecular weight excluding hydrogens is 384 g/mol. The van der Waals surface area contributed by atoms with E-state index < -0.39 is 0 Å². The molecule has 0 bridgehead atoms. The van der Waals surface area contributed by atoms with Crippen LogP contribution in [0.25, 0.3) is 28.1 Å². The van der Waals surface area contributed by atoms with Crippen molar-refractivity contribution in [3.63, 3.8) is 0 Å². The lowest BCUT2D eigenvalue weighted by atomic mass is 10.0. The molecule has 0 fully saturated rings. The smallest absolute Gasteiger partial charge is 0.240 e. The molecule has 0 spiro atoms. The highest BCUT2D eigenvalue weighted by molar-refractivity contribution is 5.68. The lowest BCUT2D eigenvalue weighted by Gasteiger charge is -2.05. The Morgan fingerprint density at radius 1 is 0.654 bits per heavy atom. The molecule has 0 saturated carbocycles. The van der Waals surface area contributed by atoms with Crippen molar-refractivity contribution in [1.82, 2.24) is 5.10 Å². The molecule has 26 heavy (non-hydrogen) atoms. The second-order valence-electron chi connectivity index (χ2n) is 6.08. The van der Waals surface area contributed by atoms with Crippen LogP contribution < -0.4 is 21.7 Å². The molecule has 128 valence electrons. The van der Waals surface area contributed by atoms with Gasteiger partial charge in [0.05, 0.1) is 5.56 Å². The van der Waals surface area contributed by atoms with Crippen molar-refractivity contribution in [2.45, 2.75) is 6.92 Å². The number of nitrogens with zero attached hydrogens (tertiary/aromatic N) is 2. The van der Waals surface area contributed by atoms with Gasteiger partial charge in [-0.1, -0.05) is 83.5 Å². The van der Waals surface area contributed by atoms with E-state index in [9.17, 15) is 0 Å². The van der Waals surface area contributed by atoms with Gasteiger partial charge in [-0.05, 0) is 18.6 Å². The molecule has 3 heteroatoms. The number of rotatable bonds is 3. The van der Waals surface area contributed by atoms with Crippen molar-refractivity contribution in [3.8, 4) is 28.1 Å². The van der Waals surface area contributed by atoms with Crippen LogP contribution in [0.2, 0.25) is 0 Å². The van der Waals surface area contributed by atoms with Crippen molar-refractivity contribution >= 4 is 0 Å². The van der Waals surface area contributed by atoms with Crippen LogP contribution in [0.1, 0.15) is 5.56 Å². The van der Waals surface area contributed by atoms with E-state index in [1.165, 1.54) is 11.1 Å². The van der Waals surface area contributed by atoms with E-state index in [0.29, 0.717) is 0 Å². The molecule has 0 amide bonds. The first-order valence-corrected chi connectivity index (χ1v) is 8.42. The maximum atomic E-state index is 4.88. The van der Waals surface area contributed by atoms with Crippen LogP contribution in [0.3, 0.4) is 0 Å². The van der Waals surface area contributed by atoms with Crippen LogP contribution in [-0.2, 0) is 0 Å². The van der Waals surface area contributed by atoms with E-state index >= 15 is 0 Å². The summed E-state index contributed by atoms with van der Waals surface area (Å²) in [5.74, 6) is 0. The minimum absolute atomic E-state index is 0. The van der Waals surface area contributed by atoms with Gasteiger partial charge in [0.15, 0.2) is 0 Å². The molecule has 0 aliphatic heterocycles. The summed E-state index contributed by atoms with van der Waals surface area (Å²) < 4.78 is 1.99. The fourth-order valence-corrected chi connectivity index (χ4v) is 2.97. The van der Waals surface area contributed by atoms with Gasteiger partial charge in [-0.25, -0.2) is 0 Å². The lowest BCUT2D eigenvalue weighted by molar-refractivity contribution is -0.658. The summed E-state index contributed by atoms with van der Waals surface area (Å²) in [6, 6.07) is 31.2. The maximum absolute atomic E-state index is 4.88. The first kappa shape index (κ1) is 18.0. The van der Waals surface area contributed by atoms with Gasteiger partial charge >= 0.3 is 0 Å². The molecule has 3 aromatic carbocycles. The summed E-state index contributed by atoms with van der Waals surface area (Å²) in [6.07, 6.45) is 2.10. The average Bonchev–Trinajstić information content (AvgIpc) is 2.69. The largest absolute Gasteiger partial charge is 1.00 e. The first-order valence-electron chi connectivity index (χ1n) is 8.42. The fraction of sp³-hybridized carbons (Fsp3) is 0.0435. The molecule has 4 rings (SSSR count). The number of para-hydroxylation sites is 1. The zero-order valence-electron chi connectivity index (χ0n) is 14.5. The summed E-state index contributed by atoms with van der Waals surface area (Å²) in [5, 5.41) is 4.88. The predicted octanol–water partition coefficient (Wildman–Crippen LogP) is 2.00. The van der Waals surface area contributed by atoms with Crippen LogP contribution in [0.5, 0.6) is 0 Å². The Kier molecular flexibility index (Phi) is 5.59. The van der Waals surface area contributed by atoms with Crippen LogP contribution >= 0.6 is 0 Å². The van der Waals surface area contributed by atoms with Crippen LogP contribution in [0, 0.1) is 6.92 Å². The Morgan fingerprint density at radius 2 is 1.23 bits per heavy atom. The number of aryl methyl sites for hydroxylation is 1. The number of aromatic nitrogens is 2. The van der Waals surface area contributed by atoms with Crippen LogP contribution in [0.4, 0.5) is 0 Å². The van der Waals surface area contributed by atoms with Crippen molar-refractivity contribution in [1.29, 1.82) is 0 Å². The van der Waals surface area contributed by atoms with Gasteiger partial charge in [-0.15, -0.1) is 0 Å². The number of benzene rings is 3. The number of hydrogen-bond acceptors (Lipinski definition) is 1. The fourth-order valence-electron chi connectivity index (χ4n) is 2.97. The second-order valence-corrected chi connectivity index (χ2v) is 6.08. The highest BCUT2D eigenvalue weighted by Crippen LogP contribution is 2.23. The molecule has 1 aromatic heterocycles. The van der Waals surface area contributed by atoms with Crippen molar-refractivity contribution < 1.29 is 21.7 Å². The summed E-state index contributed by atoms with van der Waals surface area (Å²) in [5.41, 5.74) is 6.71. The molecule has 0 radical (unpaired) electrons. The van der Waals surface area contributed by atoms with E-state index in [2.05, 4.69) is 73.8 Å². The predicted molar refractivity (Wildman–Crippen MR) is 101 cm³/mol. The molecule has 1 heterocycles. The molecule has 0 aliphatic rings. The van der Waals surface area contributed by atoms with Crippen molar-refractivity contribution in [2.75, 3.05) is 0 Å². The monoisotopic (exact) mass is 402 g/mol. The van der Waals surface area contributed by atoms with Gasteiger partial charge in [0.2, 0.25) is 11.9 Å². The Morgan fingerprint density at radius 3 is 1.88 bits per heavy atom. The van der Waals surface area contributed by atoms with Gasteiger partial charge < -0.3 is 17.0 Å². The molecule has 0 saturated heterocycles. The zero-order valence-corrected chi connectivity index (χ0v) is 16.1. The van der Waals surface area contributed by atoms with Gasteiger partial charge in [-0.3, -0.25) is 0 Å². The van der Waals surface area contributed by atoms with Gasteiger partial charge in [0.1, 0.15) is 5.69 Å². The van der Waals surface area contributed by atoms with E-state index in [-0.39, 0.29) is 17.0 Å². The number of hydrogen-bond donors (Lipinski definition) is 0. The minimum Gasteiger partial charge on any atom is -1.00 e. The first-order chi connectivity index (χ1) is 12.3. The summed E-state index contributed by atoms with van der Waals surface area (Å²) in [7, 11) is 0. The van der Waals surface area contributed by atoms with E-state index in [1.54, 1.807) is 0 Å². The molecule has 0 atom stereocenters. The molecule has 0 aliphatic carbocycles. The van der Waals surface area contributed by atoms with Crippen LogP contribution in [-0.4, -0.2) is 5.10 Å². The zero-order chi connectivity index (χ0) is 17.1. The molecular formula is C23H19BrN2. The molecule has 0 unspecified atom stereocenters. The highest BCUT2D eigenvalue weighted by atomic mass is 79.9. The third-order valence-electron chi connectivity index (χ3n) is 4.31. The van der Waals surface area contributed by atoms with Crippen LogP contribution in [0.15, 0.2) is 97.2 Å². The molecule has 0 N–H and O–H groups in total. The van der Waals surface area contributed by atoms with E-state index in [1.807, 2.05) is 35.0 Å². The number of halogens is 1. The third kappa shape index (κ3) is 3.73. The Bertz CT molecular complexity index is 941. The van der Waals surface area contributed by atoms with Gasteiger partial charge in [-0.2, -0.15) is 0 Å². The quantitative estimate of drug-likeness (QED) is 0.479. The highest BCUT2D eigenvalue weighted by Gasteiger charge is 2.16. The SMILES string of the molecule is Cc1ccccc1-[n+]1cc(-c2ccccc2)cc(-c2ccccc2)n1.[Br-]. The minimum atomic E-state index is 0. The Balaban J connectivity index is 0.00000196. The average molecular weight is 403 g/mol. The van der Waals surface area contributed by atoms with E-state index in [4.69, 9.17) is 5.10 Å². The van der Waals surface area contributed by atoms with E-state index in [0.717, 1.165) is 22.5 Å². The second kappa shape index (κ2) is 8.07. The topological polar surface area (TPSA) is 16.8 Å². The van der Waals surface area contributed by atoms with Gasteiger partial charge in [0, 0.05) is 22.3 Å². The molecule has 2 nitrogen and oxygen atoms in total. The third-order valence-corrected chi connectivity index (χ3v) is 4.31. The summed E-state index contributed by atoms with van der Waals surface area (Å²) in [6.45, 7) is 2.11. The molecule has 4 aromatic rings. The normalized spacial score (nSPS) is 10.2. The standard InChI is InChI=1S/C23H19N2.BrH/c1-18-10-8-9-15-23(18)25-17-21(19-11-4-2-5-12-19)16-22(24-25)20-13-6-3-7-14-20;/h2-17H,1H3;1H/q+1;/p-1. The Hall–Kier alpha value is -2.78. The maximum Gasteiger partial charge on any atom is 0.240 e.